The van der Waals surface area contributed by atoms with Crippen molar-refractivity contribution in [3.8, 4) is 0 Å². The Morgan fingerprint density at radius 3 is 2.79 bits per heavy atom. The zero-order chi connectivity index (χ0) is 27.8. The fourth-order valence-corrected chi connectivity index (χ4v) is 5.29. The zero-order valence-corrected chi connectivity index (χ0v) is 22.5. The summed E-state index contributed by atoms with van der Waals surface area (Å²) < 4.78 is 42.5. The van der Waals surface area contributed by atoms with Gasteiger partial charge in [-0.05, 0) is 74.8 Å². The molecular weight excluding hydrogens is 509 g/mol. The SMILES string of the molecule is CN(N)/C=C1\CC=CC=C1C(=O)NN1CCC(CCN2CCC3=CC(C=CC(OCC(F)(F)F)=N3)CC2)CC1. The van der Waals surface area contributed by atoms with Crippen molar-refractivity contribution in [2.24, 2.45) is 22.7 Å². The van der Waals surface area contributed by atoms with Crippen molar-refractivity contribution in [1.82, 2.24) is 20.3 Å². The molecule has 0 spiro atoms. The molecule has 1 unspecified atom stereocenters. The monoisotopic (exact) mass is 548 g/mol. The summed E-state index contributed by atoms with van der Waals surface area (Å²) in [5, 5.41) is 3.48. The molecule has 0 aromatic carbocycles. The molecule has 214 valence electrons. The van der Waals surface area contributed by atoms with Crippen molar-refractivity contribution >= 4 is 11.8 Å². The van der Waals surface area contributed by atoms with Gasteiger partial charge in [0.2, 0.25) is 5.90 Å². The molecule has 0 radical (unpaired) electrons. The van der Waals surface area contributed by atoms with E-state index in [0.29, 0.717) is 24.3 Å². The minimum absolute atomic E-state index is 0.0311. The Bertz CT molecular complexity index is 1050. The van der Waals surface area contributed by atoms with Crippen molar-refractivity contribution < 1.29 is 22.7 Å². The fraction of sp³-hybridized carbons (Fsp3) is 0.571. The summed E-state index contributed by atoms with van der Waals surface area (Å²) in [6, 6.07) is 0. The molecule has 39 heavy (non-hydrogen) atoms. The lowest BCUT2D eigenvalue weighted by molar-refractivity contribution is -0.155. The molecule has 8 nitrogen and oxygen atoms in total. The number of ether oxygens (including phenoxy) is 1. The molecule has 1 fully saturated rings. The van der Waals surface area contributed by atoms with Crippen molar-refractivity contribution in [2.45, 2.75) is 44.7 Å². The van der Waals surface area contributed by atoms with E-state index < -0.39 is 12.8 Å². The number of hydrazine groups is 2. The number of hydrogen-bond donors (Lipinski definition) is 2. The van der Waals surface area contributed by atoms with Crippen molar-refractivity contribution in [1.29, 1.82) is 0 Å². The van der Waals surface area contributed by atoms with Crippen LogP contribution in [0.2, 0.25) is 0 Å². The normalized spacial score (nSPS) is 24.3. The van der Waals surface area contributed by atoms with Gasteiger partial charge >= 0.3 is 6.18 Å². The zero-order valence-electron chi connectivity index (χ0n) is 22.5. The van der Waals surface area contributed by atoms with Crippen LogP contribution in [0.4, 0.5) is 13.2 Å². The van der Waals surface area contributed by atoms with E-state index in [0.717, 1.165) is 69.7 Å². The Labute approximate surface area is 228 Å². The van der Waals surface area contributed by atoms with E-state index in [1.54, 1.807) is 19.3 Å². The third-order valence-corrected chi connectivity index (χ3v) is 7.41. The number of nitrogens with two attached hydrogens (primary N) is 1. The third kappa shape index (κ3) is 9.36. The van der Waals surface area contributed by atoms with Crippen LogP contribution in [0, 0.1) is 11.8 Å². The number of nitrogens with zero attached hydrogens (tertiary/aromatic N) is 4. The van der Waals surface area contributed by atoms with Crippen molar-refractivity contribution in [3.63, 3.8) is 0 Å². The lowest BCUT2D eigenvalue weighted by Gasteiger charge is -2.34. The summed E-state index contributed by atoms with van der Waals surface area (Å²) in [6.45, 7) is 3.02. The van der Waals surface area contributed by atoms with Gasteiger partial charge in [0.1, 0.15) is 0 Å². The first-order chi connectivity index (χ1) is 18.6. The van der Waals surface area contributed by atoms with Gasteiger partial charge in [0.05, 0.1) is 0 Å². The summed E-state index contributed by atoms with van der Waals surface area (Å²) in [5.74, 6) is 6.41. The molecule has 4 aliphatic rings. The lowest BCUT2D eigenvalue weighted by atomic mass is 9.93. The second-order valence-corrected chi connectivity index (χ2v) is 10.6. The second kappa shape index (κ2) is 13.5. The van der Waals surface area contributed by atoms with Crippen LogP contribution in [0.15, 0.2) is 64.5 Å². The van der Waals surface area contributed by atoms with Crippen LogP contribution in [0.1, 0.15) is 38.5 Å². The molecule has 3 heterocycles. The maximum absolute atomic E-state index is 12.9. The number of alkyl halides is 3. The fourth-order valence-electron chi connectivity index (χ4n) is 5.29. The number of allylic oxidation sites excluding steroid dienone is 5. The lowest BCUT2D eigenvalue weighted by Crippen LogP contribution is -2.47. The molecule has 0 aromatic heterocycles. The number of hydrogen-bond acceptors (Lipinski definition) is 7. The minimum atomic E-state index is -4.38. The summed E-state index contributed by atoms with van der Waals surface area (Å²) in [5.41, 5.74) is 5.39. The molecule has 1 aliphatic carbocycles. The number of carbonyl (C=O) groups excluding carboxylic acids is 1. The van der Waals surface area contributed by atoms with E-state index in [1.165, 1.54) is 5.01 Å². The summed E-state index contributed by atoms with van der Waals surface area (Å²) in [4.78, 5) is 19.7. The van der Waals surface area contributed by atoms with Crippen LogP contribution in [0.3, 0.4) is 0 Å². The first-order valence-electron chi connectivity index (χ1n) is 13.7. The summed E-state index contributed by atoms with van der Waals surface area (Å²) >= 11 is 0. The number of aliphatic imine (C=N–C) groups is 1. The van der Waals surface area contributed by atoms with Crippen LogP contribution in [0.5, 0.6) is 0 Å². The highest BCUT2D eigenvalue weighted by Crippen LogP contribution is 2.25. The highest BCUT2D eigenvalue weighted by atomic mass is 19.4. The molecule has 11 heteroatoms. The molecule has 4 rings (SSSR count). The van der Waals surface area contributed by atoms with Crippen LogP contribution < -0.4 is 11.3 Å². The quantitative estimate of drug-likeness (QED) is 0.372. The molecule has 1 atom stereocenters. The minimum Gasteiger partial charge on any atom is -0.468 e. The Kier molecular flexibility index (Phi) is 10.0. The Morgan fingerprint density at radius 1 is 1.26 bits per heavy atom. The molecule has 2 bridgehead atoms. The van der Waals surface area contributed by atoms with E-state index in [2.05, 4.69) is 21.4 Å². The van der Waals surface area contributed by atoms with Gasteiger partial charge in [-0.15, -0.1) is 0 Å². The molecule has 1 amide bonds. The number of piperidine rings is 1. The predicted octanol–water partition coefficient (Wildman–Crippen LogP) is 3.84. The van der Waals surface area contributed by atoms with Gasteiger partial charge in [-0.3, -0.25) is 10.2 Å². The smallest absolute Gasteiger partial charge is 0.422 e. The molecule has 3 aliphatic heterocycles. The van der Waals surface area contributed by atoms with Gasteiger partial charge in [0.25, 0.3) is 5.91 Å². The van der Waals surface area contributed by atoms with E-state index >= 15 is 0 Å². The topological polar surface area (TPSA) is 86.4 Å². The van der Waals surface area contributed by atoms with Gasteiger partial charge < -0.3 is 14.6 Å². The van der Waals surface area contributed by atoms with Crippen LogP contribution >= 0.6 is 0 Å². The number of carbonyl (C=O) groups is 1. The number of halogens is 3. The first-order valence-corrected chi connectivity index (χ1v) is 13.7. The van der Waals surface area contributed by atoms with Gasteiger partial charge in [0.15, 0.2) is 6.61 Å². The predicted molar refractivity (Wildman–Crippen MR) is 145 cm³/mol. The van der Waals surface area contributed by atoms with Gasteiger partial charge in [-0.1, -0.05) is 24.3 Å². The molecule has 1 saturated heterocycles. The van der Waals surface area contributed by atoms with E-state index in [1.807, 2.05) is 29.3 Å². The summed E-state index contributed by atoms with van der Waals surface area (Å²) in [7, 11) is 1.74. The second-order valence-electron chi connectivity index (χ2n) is 10.6. The largest absolute Gasteiger partial charge is 0.468 e. The summed E-state index contributed by atoms with van der Waals surface area (Å²) in [6.07, 6.45) is 14.0. The number of rotatable bonds is 7. The van der Waals surface area contributed by atoms with Crippen LogP contribution in [0.25, 0.3) is 0 Å². The maximum Gasteiger partial charge on any atom is 0.422 e. The number of nitrogens with one attached hydrogen (secondary N) is 1. The van der Waals surface area contributed by atoms with Gasteiger partial charge in [-0.2, -0.15) is 13.2 Å². The maximum atomic E-state index is 12.9. The Balaban J connectivity index is 1.20. The van der Waals surface area contributed by atoms with Gasteiger partial charge in [-0.25, -0.2) is 15.8 Å². The van der Waals surface area contributed by atoms with E-state index in [9.17, 15) is 18.0 Å². The Hall–Kier alpha value is -2.89. The number of amides is 1. The van der Waals surface area contributed by atoms with E-state index in [4.69, 9.17) is 10.6 Å². The third-order valence-electron chi connectivity index (χ3n) is 7.41. The van der Waals surface area contributed by atoms with Gasteiger partial charge in [0, 0.05) is 50.6 Å². The average molecular weight is 549 g/mol. The van der Waals surface area contributed by atoms with Crippen molar-refractivity contribution in [2.75, 3.05) is 46.4 Å². The van der Waals surface area contributed by atoms with Crippen LogP contribution in [-0.2, 0) is 9.53 Å². The number of fused-ring (bicyclic) bond motifs is 1. The first kappa shape index (κ1) is 29.1. The van der Waals surface area contributed by atoms with Crippen LogP contribution in [-0.4, -0.2) is 79.3 Å². The highest BCUT2D eigenvalue weighted by Gasteiger charge is 2.29. The average Bonchev–Trinajstić information content (AvgIpc) is 3.09. The molecule has 3 N–H and O–H groups in total. The Morgan fingerprint density at radius 2 is 2.05 bits per heavy atom. The molecule has 0 saturated carbocycles. The van der Waals surface area contributed by atoms with E-state index in [-0.39, 0.29) is 17.7 Å². The highest BCUT2D eigenvalue weighted by molar-refractivity contribution is 5.98. The van der Waals surface area contributed by atoms with Crippen molar-refractivity contribution in [3.05, 3.63) is 59.5 Å². The molecular formula is C28H39F3N6O2. The standard InChI is InChI=1S/C28H39F3N6O2/c1-35(32)19-23-4-2-3-5-25(23)27(38)34-37-16-10-21(11-17-37)8-13-36-14-9-22-6-7-26(39-20-28(29,30)31)33-24(18-22)12-15-36/h2-3,5-7,18-19,21-22H,4,8-17,20,32H2,1H3,(H,34,38)/b23-19+. The molecule has 0 aromatic rings.